The van der Waals surface area contributed by atoms with Crippen LogP contribution in [0.1, 0.15) is 0 Å². The minimum Gasteiger partial charge on any atom is -0.495 e. The summed E-state index contributed by atoms with van der Waals surface area (Å²) in [4.78, 5) is 0.111. The number of ether oxygens (including phenoxy) is 1. The molecule has 6 heteroatoms. The Hall–Kier alpha value is -2.21. The molecule has 0 aliphatic rings. The minimum absolute atomic E-state index is 0.111. The lowest BCUT2D eigenvalue weighted by atomic mass is 10.3. The quantitative estimate of drug-likeness (QED) is 0.888. The molecule has 0 heterocycles. The lowest BCUT2D eigenvalue weighted by molar-refractivity contribution is 0.403. The molecule has 0 amide bonds. The first-order valence-corrected chi connectivity index (χ1v) is 7.49. The molecule has 0 atom stereocenters. The average molecular weight is 292 g/mol. The van der Waals surface area contributed by atoms with E-state index in [1.807, 2.05) is 0 Å². The van der Waals surface area contributed by atoms with Gasteiger partial charge in [-0.2, -0.15) is 0 Å². The van der Waals surface area contributed by atoms with E-state index in [-0.39, 0.29) is 4.90 Å². The highest BCUT2D eigenvalue weighted by Gasteiger charge is 2.18. The van der Waals surface area contributed by atoms with E-state index in [2.05, 4.69) is 10.0 Å². The van der Waals surface area contributed by atoms with E-state index in [0.29, 0.717) is 11.4 Å². The van der Waals surface area contributed by atoms with Crippen LogP contribution in [0.5, 0.6) is 5.75 Å². The summed E-state index contributed by atoms with van der Waals surface area (Å²) in [5, 5.41) is 2.97. The monoisotopic (exact) mass is 292 g/mol. The summed E-state index contributed by atoms with van der Waals surface area (Å²) in [5.74, 6) is 0.312. The molecule has 2 N–H and O–H groups in total. The van der Waals surface area contributed by atoms with E-state index >= 15 is 0 Å². The third kappa shape index (κ3) is 3.03. The maximum Gasteiger partial charge on any atom is 0.265 e. The van der Waals surface area contributed by atoms with Gasteiger partial charge in [0.15, 0.2) is 0 Å². The van der Waals surface area contributed by atoms with Gasteiger partial charge in [-0.1, -0.05) is 12.1 Å². The summed E-state index contributed by atoms with van der Waals surface area (Å²) in [6, 6.07) is 13.5. The van der Waals surface area contributed by atoms with Gasteiger partial charge in [0, 0.05) is 18.4 Å². The molecule has 0 aromatic heterocycles. The lowest BCUT2D eigenvalue weighted by Crippen LogP contribution is -2.14. The fourth-order valence-electron chi connectivity index (χ4n) is 1.76. The first kappa shape index (κ1) is 14.2. The molecule has 0 spiro atoms. The van der Waals surface area contributed by atoms with Gasteiger partial charge in [0.1, 0.15) is 10.6 Å². The Morgan fingerprint density at radius 3 is 2.15 bits per heavy atom. The summed E-state index contributed by atoms with van der Waals surface area (Å²) in [6.07, 6.45) is 0. The van der Waals surface area contributed by atoms with Crippen molar-refractivity contribution in [3.8, 4) is 5.75 Å². The van der Waals surface area contributed by atoms with Crippen LogP contribution < -0.4 is 14.8 Å². The zero-order valence-electron chi connectivity index (χ0n) is 11.3. The van der Waals surface area contributed by atoms with Gasteiger partial charge in [-0.05, 0) is 36.4 Å². The molecule has 20 heavy (non-hydrogen) atoms. The number of para-hydroxylation sites is 1. The van der Waals surface area contributed by atoms with Crippen LogP contribution in [0, 0.1) is 0 Å². The van der Waals surface area contributed by atoms with Crippen LogP contribution in [0.2, 0.25) is 0 Å². The number of rotatable bonds is 5. The molecule has 0 saturated heterocycles. The highest BCUT2D eigenvalue weighted by Crippen LogP contribution is 2.25. The third-order valence-electron chi connectivity index (χ3n) is 2.78. The van der Waals surface area contributed by atoms with Crippen LogP contribution in [0.15, 0.2) is 53.4 Å². The van der Waals surface area contributed by atoms with E-state index in [0.717, 1.165) is 5.69 Å². The van der Waals surface area contributed by atoms with Gasteiger partial charge in [0.25, 0.3) is 10.0 Å². The zero-order chi connectivity index (χ0) is 14.6. The Balaban J connectivity index is 2.30. The predicted molar refractivity (Wildman–Crippen MR) is 79.8 cm³/mol. The van der Waals surface area contributed by atoms with Crippen LogP contribution in [0.25, 0.3) is 0 Å². The van der Waals surface area contributed by atoms with Crippen molar-refractivity contribution in [1.29, 1.82) is 0 Å². The van der Waals surface area contributed by atoms with Crippen LogP contribution >= 0.6 is 0 Å². The minimum atomic E-state index is -3.67. The molecule has 2 rings (SSSR count). The zero-order valence-corrected chi connectivity index (χ0v) is 12.1. The smallest absolute Gasteiger partial charge is 0.265 e. The van der Waals surface area contributed by atoms with Crippen molar-refractivity contribution in [2.45, 2.75) is 4.90 Å². The van der Waals surface area contributed by atoms with Gasteiger partial charge in [-0.15, -0.1) is 0 Å². The Morgan fingerprint density at radius 2 is 1.55 bits per heavy atom. The molecule has 0 bridgehead atoms. The molecule has 0 aliphatic carbocycles. The normalized spacial score (nSPS) is 10.9. The van der Waals surface area contributed by atoms with Crippen LogP contribution in [-0.4, -0.2) is 22.6 Å². The molecule has 2 aromatic rings. The number of hydrogen-bond donors (Lipinski definition) is 2. The average Bonchev–Trinajstić information content (AvgIpc) is 2.47. The van der Waals surface area contributed by atoms with E-state index in [1.54, 1.807) is 49.5 Å². The molecule has 0 fully saturated rings. The van der Waals surface area contributed by atoms with Crippen molar-refractivity contribution < 1.29 is 13.2 Å². The third-order valence-corrected chi connectivity index (χ3v) is 4.21. The SMILES string of the molecule is CNc1ccc(NS(=O)(=O)c2ccccc2OC)cc1. The second kappa shape index (κ2) is 5.83. The summed E-state index contributed by atoms with van der Waals surface area (Å²) >= 11 is 0. The fourth-order valence-corrected chi connectivity index (χ4v) is 2.99. The molecule has 2 aromatic carbocycles. The van der Waals surface area contributed by atoms with Crippen molar-refractivity contribution in [3.05, 3.63) is 48.5 Å². The number of sulfonamides is 1. The molecule has 0 radical (unpaired) electrons. The Labute approximate surface area is 118 Å². The first-order chi connectivity index (χ1) is 9.56. The maximum atomic E-state index is 12.3. The molecule has 106 valence electrons. The van der Waals surface area contributed by atoms with Crippen molar-refractivity contribution in [3.63, 3.8) is 0 Å². The lowest BCUT2D eigenvalue weighted by Gasteiger charge is -2.11. The molecule has 0 aliphatic heterocycles. The number of methoxy groups -OCH3 is 1. The summed E-state index contributed by atoms with van der Waals surface area (Å²) in [5.41, 5.74) is 1.40. The molecule has 5 nitrogen and oxygen atoms in total. The van der Waals surface area contributed by atoms with Crippen molar-refractivity contribution in [1.82, 2.24) is 0 Å². The number of nitrogens with one attached hydrogen (secondary N) is 2. The van der Waals surface area contributed by atoms with Crippen molar-refractivity contribution in [2.24, 2.45) is 0 Å². The van der Waals surface area contributed by atoms with Crippen molar-refractivity contribution >= 4 is 21.4 Å². The number of hydrogen-bond acceptors (Lipinski definition) is 4. The maximum absolute atomic E-state index is 12.3. The van der Waals surface area contributed by atoms with E-state index in [4.69, 9.17) is 4.74 Å². The number of benzene rings is 2. The van der Waals surface area contributed by atoms with Crippen LogP contribution in [0.3, 0.4) is 0 Å². The standard InChI is InChI=1S/C14H16N2O3S/c1-15-11-7-9-12(10-8-11)16-20(17,18)14-6-4-3-5-13(14)19-2/h3-10,15-16H,1-2H3. The summed E-state index contributed by atoms with van der Waals surface area (Å²) in [6.45, 7) is 0. The van der Waals surface area contributed by atoms with Crippen molar-refractivity contribution in [2.75, 3.05) is 24.2 Å². The molecular weight excluding hydrogens is 276 g/mol. The topological polar surface area (TPSA) is 67.4 Å². The predicted octanol–water partition coefficient (Wildman–Crippen LogP) is 2.54. The van der Waals surface area contributed by atoms with Gasteiger partial charge < -0.3 is 10.1 Å². The second-order valence-corrected chi connectivity index (χ2v) is 5.73. The molecular formula is C14H16N2O3S. The second-order valence-electron chi connectivity index (χ2n) is 4.08. The van der Waals surface area contributed by atoms with E-state index in [9.17, 15) is 8.42 Å². The Morgan fingerprint density at radius 1 is 0.950 bits per heavy atom. The van der Waals surface area contributed by atoms with Gasteiger partial charge in [-0.25, -0.2) is 8.42 Å². The van der Waals surface area contributed by atoms with Gasteiger partial charge >= 0.3 is 0 Å². The Bertz CT molecular complexity index is 682. The van der Waals surface area contributed by atoms with Gasteiger partial charge in [0.05, 0.1) is 7.11 Å². The van der Waals surface area contributed by atoms with Gasteiger partial charge in [-0.3, -0.25) is 4.72 Å². The van der Waals surface area contributed by atoms with E-state index in [1.165, 1.54) is 13.2 Å². The largest absolute Gasteiger partial charge is 0.495 e. The summed E-state index contributed by atoms with van der Waals surface area (Å²) in [7, 11) is -0.431. The fraction of sp³-hybridized carbons (Fsp3) is 0.143. The number of anilines is 2. The summed E-state index contributed by atoms with van der Waals surface area (Å²) < 4.78 is 32.3. The highest BCUT2D eigenvalue weighted by atomic mass is 32.2. The molecule has 0 unspecified atom stereocenters. The van der Waals surface area contributed by atoms with Gasteiger partial charge in [0.2, 0.25) is 0 Å². The highest BCUT2D eigenvalue weighted by molar-refractivity contribution is 7.92. The van der Waals surface area contributed by atoms with Crippen LogP contribution in [0.4, 0.5) is 11.4 Å². The molecule has 0 saturated carbocycles. The van der Waals surface area contributed by atoms with E-state index < -0.39 is 10.0 Å². The Kier molecular flexibility index (Phi) is 4.14. The first-order valence-electron chi connectivity index (χ1n) is 6.00. The van der Waals surface area contributed by atoms with Crippen LogP contribution in [-0.2, 0) is 10.0 Å².